The number of ether oxygens (including phenoxy) is 1. The number of rotatable bonds is 5. The van der Waals surface area contributed by atoms with Crippen LogP contribution < -0.4 is 10.1 Å². The molecule has 2 rings (SSSR count). The predicted octanol–water partition coefficient (Wildman–Crippen LogP) is 4.01. The van der Waals surface area contributed by atoms with Crippen molar-refractivity contribution in [2.24, 2.45) is 0 Å². The quantitative estimate of drug-likeness (QED) is 0.669. The molecule has 2 aromatic rings. The van der Waals surface area contributed by atoms with Gasteiger partial charge in [0.1, 0.15) is 5.02 Å². The van der Waals surface area contributed by atoms with Crippen molar-refractivity contribution in [2.45, 2.75) is 6.54 Å². The lowest BCUT2D eigenvalue weighted by Gasteiger charge is -2.09. The van der Waals surface area contributed by atoms with E-state index < -0.39 is 10.7 Å². The zero-order chi connectivity index (χ0) is 15.4. The first kappa shape index (κ1) is 15.1. The van der Waals surface area contributed by atoms with Crippen molar-refractivity contribution >= 4 is 23.0 Å². The number of anilines is 1. The van der Waals surface area contributed by atoms with Gasteiger partial charge in [0.05, 0.1) is 12.0 Å². The first-order valence-corrected chi connectivity index (χ1v) is 6.39. The summed E-state index contributed by atoms with van der Waals surface area (Å²) in [6.45, 7) is 0.340. The van der Waals surface area contributed by atoms with Crippen molar-refractivity contribution in [3.8, 4) is 5.75 Å². The van der Waals surface area contributed by atoms with Crippen LogP contribution in [-0.4, -0.2) is 12.0 Å². The second-order valence-electron chi connectivity index (χ2n) is 4.25. The molecule has 0 fully saturated rings. The van der Waals surface area contributed by atoms with Crippen LogP contribution in [0.4, 0.5) is 15.8 Å². The van der Waals surface area contributed by atoms with Crippen LogP contribution in [0.3, 0.4) is 0 Å². The molecule has 110 valence electrons. The molecule has 0 saturated heterocycles. The molecule has 2 aromatic carbocycles. The largest absolute Gasteiger partial charge is 0.494 e. The van der Waals surface area contributed by atoms with Gasteiger partial charge in [0.2, 0.25) is 0 Å². The average Bonchev–Trinajstić information content (AvgIpc) is 2.47. The van der Waals surface area contributed by atoms with Gasteiger partial charge in [0, 0.05) is 24.4 Å². The van der Waals surface area contributed by atoms with E-state index in [9.17, 15) is 14.5 Å². The normalized spacial score (nSPS) is 10.2. The summed E-state index contributed by atoms with van der Waals surface area (Å²) < 4.78 is 18.2. The third-order valence-corrected chi connectivity index (χ3v) is 3.17. The summed E-state index contributed by atoms with van der Waals surface area (Å²) in [6, 6.07) is 8.91. The van der Waals surface area contributed by atoms with Crippen molar-refractivity contribution in [1.82, 2.24) is 0 Å². The average molecular weight is 311 g/mol. The van der Waals surface area contributed by atoms with Crippen LogP contribution >= 0.6 is 11.6 Å². The van der Waals surface area contributed by atoms with Gasteiger partial charge in [-0.25, -0.2) is 4.39 Å². The summed E-state index contributed by atoms with van der Waals surface area (Å²) in [5.41, 5.74) is 1.19. The monoisotopic (exact) mass is 310 g/mol. The minimum atomic E-state index is -0.535. The molecule has 21 heavy (non-hydrogen) atoms. The highest BCUT2D eigenvalue weighted by molar-refractivity contribution is 6.32. The summed E-state index contributed by atoms with van der Waals surface area (Å²) in [5, 5.41) is 13.9. The zero-order valence-corrected chi connectivity index (χ0v) is 11.9. The van der Waals surface area contributed by atoms with E-state index in [0.717, 1.165) is 0 Å². The van der Waals surface area contributed by atoms with E-state index in [2.05, 4.69) is 5.32 Å². The van der Waals surface area contributed by atoms with Crippen molar-refractivity contribution in [3.05, 3.63) is 62.9 Å². The Kier molecular flexibility index (Phi) is 4.59. The van der Waals surface area contributed by atoms with E-state index in [1.807, 2.05) is 0 Å². The fourth-order valence-electron chi connectivity index (χ4n) is 1.78. The van der Waals surface area contributed by atoms with Gasteiger partial charge in [0.15, 0.2) is 11.6 Å². The molecule has 0 bridgehead atoms. The lowest BCUT2D eigenvalue weighted by atomic mass is 10.2. The van der Waals surface area contributed by atoms with Crippen LogP contribution in [0, 0.1) is 15.9 Å². The molecule has 1 N–H and O–H groups in total. The van der Waals surface area contributed by atoms with Crippen LogP contribution in [0.5, 0.6) is 5.75 Å². The van der Waals surface area contributed by atoms with Crippen molar-refractivity contribution in [3.63, 3.8) is 0 Å². The number of nitro groups is 1. The highest BCUT2D eigenvalue weighted by Gasteiger charge is 2.12. The van der Waals surface area contributed by atoms with Crippen LogP contribution in [-0.2, 0) is 6.54 Å². The number of nitrogens with one attached hydrogen (secondary N) is 1. The molecule has 0 heterocycles. The van der Waals surface area contributed by atoms with E-state index in [-0.39, 0.29) is 16.5 Å². The fourth-order valence-corrected chi connectivity index (χ4v) is 1.97. The highest BCUT2D eigenvalue weighted by Crippen LogP contribution is 2.26. The molecule has 0 atom stereocenters. The van der Waals surface area contributed by atoms with Gasteiger partial charge >= 0.3 is 0 Å². The van der Waals surface area contributed by atoms with Gasteiger partial charge < -0.3 is 10.1 Å². The van der Waals surface area contributed by atoms with E-state index in [1.54, 1.807) is 12.1 Å². The number of hydrogen-bond acceptors (Lipinski definition) is 4. The van der Waals surface area contributed by atoms with E-state index >= 15 is 0 Å². The van der Waals surface area contributed by atoms with Gasteiger partial charge in [-0.15, -0.1) is 0 Å². The van der Waals surface area contributed by atoms with E-state index in [0.29, 0.717) is 17.8 Å². The summed E-state index contributed by atoms with van der Waals surface area (Å²) in [5.74, 6) is -0.327. The molecule has 0 amide bonds. The van der Waals surface area contributed by atoms with Gasteiger partial charge in [-0.3, -0.25) is 10.1 Å². The molecule has 0 aliphatic heterocycles. The van der Waals surface area contributed by atoms with E-state index in [4.69, 9.17) is 16.3 Å². The third kappa shape index (κ3) is 3.61. The molecule has 7 heteroatoms. The molecular formula is C14H12ClFN2O3. The Balaban J connectivity index is 2.13. The van der Waals surface area contributed by atoms with E-state index in [1.165, 1.54) is 31.4 Å². The van der Waals surface area contributed by atoms with Gasteiger partial charge in [-0.2, -0.15) is 0 Å². The van der Waals surface area contributed by atoms with Gasteiger partial charge in [-0.05, 0) is 23.8 Å². The molecule has 0 spiro atoms. The SMILES string of the molecule is COc1cc(NCc2ccc(Cl)c([N+](=O)[O-])c2)ccc1F. The maximum absolute atomic E-state index is 13.3. The molecule has 5 nitrogen and oxygen atoms in total. The minimum Gasteiger partial charge on any atom is -0.494 e. The number of methoxy groups -OCH3 is 1. The van der Waals surface area contributed by atoms with Crippen LogP contribution in [0.1, 0.15) is 5.56 Å². The molecule has 0 saturated carbocycles. The Hall–Kier alpha value is -2.34. The molecule has 0 aliphatic rings. The molecule has 0 radical (unpaired) electrons. The number of benzene rings is 2. The second-order valence-corrected chi connectivity index (χ2v) is 4.65. The highest BCUT2D eigenvalue weighted by atomic mass is 35.5. The van der Waals surface area contributed by atoms with Crippen LogP contribution in [0.15, 0.2) is 36.4 Å². The maximum Gasteiger partial charge on any atom is 0.288 e. The number of halogens is 2. The zero-order valence-electron chi connectivity index (χ0n) is 11.1. The number of nitro benzene ring substituents is 1. The summed E-state index contributed by atoms with van der Waals surface area (Å²) in [6.07, 6.45) is 0. The van der Waals surface area contributed by atoms with Crippen LogP contribution in [0.2, 0.25) is 5.02 Å². The number of hydrogen-bond donors (Lipinski definition) is 1. The molecule has 0 aromatic heterocycles. The Morgan fingerprint density at radius 3 is 2.76 bits per heavy atom. The minimum absolute atomic E-state index is 0.0900. The number of nitrogens with zero attached hydrogens (tertiary/aromatic N) is 1. The first-order valence-electron chi connectivity index (χ1n) is 6.01. The lowest BCUT2D eigenvalue weighted by Crippen LogP contribution is -2.01. The molecule has 0 aliphatic carbocycles. The Morgan fingerprint density at radius 1 is 1.33 bits per heavy atom. The topological polar surface area (TPSA) is 64.4 Å². The first-order chi connectivity index (χ1) is 10.0. The maximum atomic E-state index is 13.3. The van der Waals surface area contributed by atoms with Gasteiger partial charge in [-0.1, -0.05) is 17.7 Å². The standard InChI is InChI=1S/C14H12ClFN2O3/c1-21-14-7-10(3-5-12(14)16)17-8-9-2-4-11(15)13(6-9)18(19)20/h2-7,17H,8H2,1H3. The summed E-state index contributed by atoms with van der Waals surface area (Å²) in [4.78, 5) is 10.3. The van der Waals surface area contributed by atoms with Crippen molar-refractivity contribution in [2.75, 3.05) is 12.4 Å². The fraction of sp³-hybridized carbons (Fsp3) is 0.143. The van der Waals surface area contributed by atoms with Crippen molar-refractivity contribution in [1.29, 1.82) is 0 Å². The van der Waals surface area contributed by atoms with Crippen LogP contribution in [0.25, 0.3) is 0 Å². The second kappa shape index (κ2) is 6.41. The Bertz CT molecular complexity index is 679. The molecular weight excluding hydrogens is 299 g/mol. The smallest absolute Gasteiger partial charge is 0.288 e. The summed E-state index contributed by atoms with van der Waals surface area (Å²) in [7, 11) is 1.38. The summed E-state index contributed by atoms with van der Waals surface area (Å²) >= 11 is 5.75. The predicted molar refractivity (Wildman–Crippen MR) is 78.4 cm³/mol. The van der Waals surface area contributed by atoms with Crippen molar-refractivity contribution < 1.29 is 14.1 Å². The van der Waals surface area contributed by atoms with Gasteiger partial charge in [0.25, 0.3) is 5.69 Å². The lowest BCUT2D eigenvalue weighted by molar-refractivity contribution is -0.384. The Labute approximate surface area is 125 Å². The third-order valence-electron chi connectivity index (χ3n) is 2.85. The molecule has 0 unspecified atom stereocenters. The Morgan fingerprint density at radius 2 is 2.10 bits per heavy atom.